The highest BCUT2D eigenvalue weighted by molar-refractivity contribution is 6.30. The molecule has 0 bridgehead atoms. The van der Waals surface area contributed by atoms with Crippen LogP contribution in [0.2, 0.25) is 5.02 Å². The first-order valence-electron chi connectivity index (χ1n) is 6.54. The summed E-state index contributed by atoms with van der Waals surface area (Å²) in [4.78, 5) is 16.5. The Bertz CT molecular complexity index is 638. The Labute approximate surface area is 129 Å². The van der Waals surface area contributed by atoms with Crippen molar-refractivity contribution >= 4 is 23.6 Å². The van der Waals surface area contributed by atoms with E-state index in [-0.39, 0.29) is 11.5 Å². The molecular formula is C16H17ClN2O2. The smallest absolute Gasteiger partial charge is 0.204 e. The molecule has 0 spiro atoms. The van der Waals surface area contributed by atoms with Crippen LogP contribution in [0.25, 0.3) is 6.20 Å². The Morgan fingerprint density at radius 1 is 1.29 bits per heavy atom. The van der Waals surface area contributed by atoms with E-state index in [4.69, 9.17) is 16.3 Å². The van der Waals surface area contributed by atoms with Gasteiger partial charge in [0.15, 0.2) is 5.76 Å². The maximum atomic E-state index is 12.5. The summed E-state index contributed by atoms with van der Waals surface area (Å²) in [6.45, 7) is 5.55. The van der Waals surface area contributed by atoms with Crippen molar-refractivity contribution in [3.8, 4) is 5.75 Å². The van der Waals surface area contributed by atoms with Crippen LogP contribution in [0.1, 0.15) is 20.8 Å². The lowest BCUT2D eigenvalue weighted by Gasteiger charge is -2.19. The number of benzene rings is 1. The van der Waals surface area contributed by atoms with Crippen molar-refractivity contribution in [2.24, 2.45) is 5.41 Å². The summed E-state index contributed by atoms with van der Waals surface area (Å²) in [6.07, 6.45) is 6.59. The standard InChI is InChI=1S/C16H17ClN2O2/c1-16(2,3)15(20)14(10-19-9-8-18-11-19)21-13-6-4-12(17)5-7-13/h4-11H,1-3H3. The van der Waals surface area contributed by atoms with Crippen molar-refractivity contribution in [2.75, 3.05) is 0 Å². The van der Waals surface area contributed by atoms with Crippen LogP contribution >= 0.6 is 11.6 Å². The van der Waals surface area contributed by atoms with Gasteiger partial charge in [0.2, 0.25) is 5.78 Å². The highest BCUT2D eigenvalue weighted by Crippen LogP contribution is 2.24. The predicted octanol–water partition coefficient (Wildman–Crippen LogP) is 4.03. The van der Waals surface area contributed by atoms with Gasteiger partial charge in [-0.2, -0.15) is 0 Å². The Balaban J connectivity index is 2.32. The zero-order chi connectivity index (χ0) is 15.5. The zero-order valence-electron chi connectivity index (χ0n) is 12.2. The highest BCUT2D eigenvalue weighted by Gasteiger charge is 2.27. The number of allylic oxidation sites excluding steroid dienone is 1. The second kappa shape index (κ2) is 6.14. The number of ketones is 1. The van der Waals surface area contributed by atoms with E-state index >= 15 is 0 Å². The number of ether oxygens (including phenoxy) is 1. The van der Waals surface area contributed by atoms with Gasteiger partial charge >= 0.3 is 0 Å². The molecule has 21 heavy (non-hydrogen) atoms. The minimum atomic E-state index is -0.543. The molecule has 0 atom stereocenters. The quantitative estimate of drug-likeness (QED) is 0.633. The fourth-order valence-electron chi connectivity index (χ4n) is 1.61. The molecule has 110 valence electrons. The Morgan fingerprint density at radius 3 is 2.48 bits per heavy atom. The number of hydrogen-bond donors (Lipinski definition) is 0. The highest BCUT2D eigenvalue weighted by atomic mass is 35.5. The third-order valence-corrected chi connectivity index (χ3v) is 2.99. The van der Waals surface area contributed by atoms with Crippen molar-refractivity contribution in [1.29, 1.82) is 0 Å². The number of Topliss-reactive ketones (excluding diaryl/α,β-unsaturated/α-hetero) is 1. The summed E-state index contributed by atoms with van der Waals surface area (Å²) < 4.78 is 7.41. The van der Waals surface area contributed by atoms with Crippen LogP contribution in [0, 0.1) is 5.41 Å². The summed E-state index contributed by atoms with van der Waals surface area (Å²) in [5.74, 6) is 0.720. The van der Waals surface area contributed by atoms with Crippen molar-refractivity contribution in [1.82, 2.24) is 9.55 Å². The monoisotopic (exact) mass is 304 g/mol. The third kappa shape index (κ3) is 4.20. The van der Waals surface area contributed by atoms with E-state index in [1.807, 2.05) is 20.8 Å². The van der Waals surface area contributed by atoms with Crippen molar-refractivity contribution in [3.05, 3.63) is 53.8 Å². The van der Waals surface area contributed by atoms with E-state index < -0.39 is 5.41 Å². The van der Waals surface area contributed by atoms with Gasteiger partial charge in [0.05, 0.1) is 12.5 Å². The number of aromatic nitrogens is 2. The van der Waals surface area contributed by atoms with Crippen LogP contribution in [-0.2, 0) is 4.79 Å². The van der Waals surface area contributed by atoms with E-state index in [1.165, 1.54) is 0 Å². The molecule has 4 nitrogen and oxygen atoms in total. The van der Waals surface area contributed by atoms with E-state index in [2.05, 4.69) is 4.98 Å². The van der Waals surface area contributed by atoms with E-state index in [9.17, 15) is 4.79 Å². The Hall–Kier alpha value is -2.07. The van der Waals surface area contributed by atoms with Crippen LogP contribution in [0.15, 0.2) is 48.7 Å². The minimum absolute atomic E-state index is 0.0915. The van der Waals surface area contributed by atoms with E-state index in [0.717, 1.165) is 0 Å². The predicted molar refractivity (Wildman–Crippen MR) is 83.0 cm³/mol. The number of nitrogens with zero attached hydrogens (tertiary/aromatic N) is 2. The zero-order valence-corrected chi connectivity index (χ0v) is 13.0. The lowest BCUT2D eigenvalue weighted by atomic mass is 9.90. The second-order valence-electron chi connectivity index (χ2n) is 5.64. The van der Waals surface area contributed by atoms with Crippen LogP contribution in [-0.4, -0.2) is 15.3 Å². The van der Waals surface area contributed by atoms with Gasteiger partial charge in [0.1, 0.15) is 5.75 Å². The molecule has 0 N–H and O–H groups in total. The SMILES string of the molecule is CC(C)(C)C(=O)C(=Cn1ccnc1)Oc1ccc(Cl)cc1. The second-order valence-corrected chi connectivity index (χ2v) is 6.07. The average molecular weight is 305 g/mol. The van der Waals surface area contributed by atoms with Gasteiger partial charge in [-0.3, -0.25) is 4.79 Å². The van der Waals surface area contributed by atoms with Crippen LogP contribution in [0.4, 0.5) is 0 Å². The van der Waals surface area contributed by atoms with Gasteiger partial charge in [-0.25, -0.2) is 4.98 Å². The molecular weight excluding hydrogens is 288 g/mol. The minimum Gasteiger partial charge on any atom is -0.452 e. The van der Waals surface area contributed by atoms with Crippen molar-refractivity contribution in [3.63, 3.8) is 0 Å². The number of imidazole rings is 1. The summed E-state index contributed by atoms with van der Waals surface area (Å²) in [6, 6.07) is 6.88. The van der Waals surface area contributed by atoms with Crippen molar-refractivity contribution in [2.45, 2.75) is 20.8 Å². The first-order valence-corrected chi connectivity index (χ1v) is 6.91. The molecule has 0 aliphatic heterocycles. The molecule has 0 fully saturated rings. The maximum Gasteiger partial charge on any atom is 0.204 e. The molecule has 0 saturated heterocycles. The number of carbonyl (C=O) groups is 1. The van der Waals surface area contributed by atoms with E-state index in [1.54, 1.807) is 53.8 Å². The molecule has 1 aromatic carbocycles. The van der Waals surface area contributed by atoms with E-state index in [0.29, 0.717) is 10.8 Å². The van der Waals surface area contributed by atoms with Crippen LogP contribution in [0.3, 0.4) is 0 Å². The molecule has 0 radical (unpaired) electrons. The largest absolute Gasteiger partial charge is 0.452 e. The third-order valence-electron chi connectivity index (χ3n) is 2.74. The molecule has 5 heteroatoms. The molecule has 2 aromatic rings. The molecule has 0 saturated carbocycles. The summed E-state index contributed by atoms with van der Waals surface area (Å²) in [5.41, 5.74) is -0.543. The van der Waals surface area contributed by atoms with Crippen LogP contribution < -0.4 is 4.74 Å². The Morgan fingerprint density at radius 2 is 1.95 bits per heavy atom. The summed E-state index contributed by atoms with van der Waals surface area (Å²) in [5, 5.41) is 0.615. The van der Waals surface area contributed by atoms with Gasteiger partial charge in [-0.05, 0) is 24.3 Å². The lowest BCUT2D eigenvalue weighted by molar-refractivity contribution is -0.124. The topological polar surface area (TPSA) is 44.1 Å². The first kappa shape index (κ1) is 15.3. The molecule has 2 rings (SSSR count). The molecule has 1 aromatic heterocycles. The van der Waals surface area contributed by atoms with Gasteiger partial charge in [0.25, 0.3) is 0 Å². The number of halogens is 1. The van der Waals surface area contributed by atoms with Gasteiger partial charge < -0.3 is 9.30 Å². The molecule has 0 unspecified atom stereocenters. The fraction of sp³-hybridized carbons (Fsp3) is 0.250. The normalized spacial score (nSPS) is 12.3. The van der Waals surface area contributed by atoms with Crippen molar-refractivity contribution < 1.29 is 9.53 Å². The maximum absolute atomic E-state index is 12.5. The molecule has 1 heterocycles. The van der Waals surface area contributed by atoms with Crippen LogP contribution in [0.5, 0.6) is 5.75 Å². The lowest BCUT2D eigenvalue weighted by Crippen LogP contribution is -2.25. The summed E-state index contributed by atoms with van der Waals surface area (Å²) >= 11 is 5.85. The molecule has 0 aliphatic rings. The number of rotatable bonds is 4. The number of carbonyl (C=O) groups excluding carboxylic acids is 1. The number of hydrogen-bond acceptors (Lipinski definition) is 3. The molecule has 0 aliphatic carbocycles. The fourth-order valence-corrected chi connectivity index (χ4v) is 1.74. The Kier molecular flexibility index (Phi) is 4.48. The van der Waals surface area contributed by atoms with Gasteiger partial charge in [-0.1, -0.05) is 32.4 Å². The van der Waals surface area contributed by atoms with Gasteiger partial charge in [0, 0.05) is 22.8 Å². The first-order chi connectivity index (χ1) is 9.86. The summed E-state index contributed by atoms with van der Waals surface area (Å²) in [7, 11) is 0. The average Bonchev–Trinajstić information content (AvgIpc) is 2.91. The molecule has 0 amide bonds. The van der Waals surface area contributed by atoms with Gasteiger partial charge in [-0.15, -0.1) is 0 Å².